The number of hydrogen-bond donors (Lipinski definition) is 1. The van der Waals surface area contributed by atoms with Gasteiger partial charge in [-0.15, -0.1) is 12.4 Å². The van der Waals surface area contributed by atoms with Gasteiger partial charge in [-0.25, -0.2) is 0 Å². The predicted molar refractivity (Wildman–Crippen MR) is 85.1 cm³/mol. The Morgan fingerprint density at radius 1 is 1.20 bits per heavy atom. The summed E-state index contributed by atoms with van der Waals surface area (Å²) in [5.41, 5.74) is 7.77. The van der Waals surface area contributed by atoms with Crippen LogP contribution in [0.2, 0.25) is 0 Å². The molecule has 1 saturated heterocycles. The Labute approximate surface area is 127 Å². The summed E-state index contributed by atoms with van der Waals surface area (Å²) in [6.45, 7) is 6.84. The van der Waals surface area contributed by atoms with Crippen molar-refractivity contribution in [2.75, 3.05) is 13.1 Å². The molecular weight excluding hydrogens is 272 g/mol. The number of rotatable bonds is 2. The van der Waals surface area contributed by atoms with Crippen LogP contribution in [-0.4, -0.2) is 23.9 Å². The number of halogens is 1. The Balaban J connectivity index is 0.00000200. The van der Waals surface area contributed by atoms with E-state index in [4.69, 9.17) is 5.73 Å². The maximum absolute atomic E-state index is 12.5. The first-order valence-corrected chi connectivity index (χ1v) is 7.10. The summed E-state index contributed by atoms with van der Waals surface area (Å²) in [5.74, 6) is 0.154. The average molecular weight is 297 g/mol. The third kappa shape index (κ3) is 4.22. The third-order valence-electron chi connectivity index (χ3n) is 4.06. The second-order valence-electron chi connectivity index (χ2n) is 6.21. The topological polar surface area (TPSA) is 46.3 Å². The monoisotopic (exact) mass is 296 g/mol. The van der Waals surface area contributed by atoms with E-state index in [0.29, 0.717) is 12.0 Å². The van der Waals surface area contributed by atoms with Crippen LogP contribution in [0.25, 0.3) is 0 Å². The van der Waals surface area contributed by atoms with Gasteiger partial charge in [0, 0.05) is 25.2 Å². The number of nitrogens with two attached hydrogens (primary N) is 1. The number of benzene rings is 1. The average Bonchev–Trinajstić information content (AvgIpc) is 2.59. The number of nitrogens with zero attached hydrogens (tertiary/aromatic N) is 1. The fourth-order valence-corrected chi connectivity index (χ4v) is 2.59. The summed E-state index contributed by atoms with van der Waals surface area (Å²) in [5, 5.41) is 0. The fraction of sp³-hybridized carbons (Fsp3) is 0.562. The third-order valence-corrected chi connectivity index (χ3v) is 4.06. The van der Waals surface area contributed by atoms with Gasteiger partial charge in [0.05, 0.1) is 0 Å². The minimum absolute atomic E-state index is 0. The molecule has 0 atom stereocenters. The summed E-state index contributed by atoms with van der Waals surface area (Å²) in [6.07, 6.45) is 3.38. The van der Waals surface area contributed by atoms with Crippen LogP contribution in [0.4, 0.5) is 0 Å². The molecule has 0 saturated carbocycles. The quantitative estimate of drug-likeness (QED) is 0.911. The highest BCUT2D eigenvalue weighted by molar-refractivity contribution is 5.94. The molecule has 4 heteroatoms. The zero-order valence-electron chi connectivity index (χ0n) is 12.4. The van der Waals surface area contributed by atoms with Gasteiger partial charge >= 0.3 is 0 Å². The molecule has 0 aliphatic carbocycles. The summed E-state index contributed by atoms with van der Waals surface area (Å²) in [4.78, 5) is 14.5. The van der Waals surface area contributed by atoms with Crippen LogP contribution in [0.5, 0.6) is 0 Å². The molecule has 1 aromatic carbocycles. The molecule has 3 nitrogen and oxygen atoms in total. The normalized spacial score (nSPS) is 18.1. The molecule has 1 amide bonds. The molecule has 1 aliphatic heterocycles. The standard InChI is InChI=1S/C16H24N2O.ClH/c1-16(2)8-3-10-18(11-9-16)15(19)14-6-4-13(12-17)5-7-14;/h4-7H,3,8-12,17H2,1-2H3;1H. The largest absolute Gasteiger partial charge is 0.339 e. The number of carbonyl (C=O) groups is 1. The van der Waals surface area contributed by atoms with E-state index in [1.165, 1.54) is 6.42 Å². The Bertz CT molecular complexity index is 442. The van der Waals surface area contributed by atoms with Crippen molar-refractivity contribution in [3.63, 3.8) is 0 Å². The van der Waals surface area contributed by atoms with Gasteiger partial charge in [0.1, 0.15) is 0 Å². The Hall–Kier alpha value is -1.06. The van der Waals surface area contributed by atoms with Crippen LogP contribution >= 0.6 is 12.4 Å². The van der Waals surface area contributed by atoms with Gasteiger partial charge < -0.3 is 10.6 Å². The molecule has 0 radical (unpaired) electrons. The molecule has 2 N–H and O–H groups in total. The number of carbonyl (C=O) groups excluding carboxylic acids is 1. The van der Waals surface area contributed by atoms with Gasteiger partial charge in [-0.1, -0.05) is 26.0 Å². The van der Waals surface area contributed by atoms with E-state index in [9.17, 15) is 4.79 Å². The highest BCUT2D eigenvalue weighted by atomic mass is 35.5. The SMILES string of the molecule is CC1(C)CCCN(C(=O)c2ccc(CN)cc2)CC1.Cl. The molecular formula is C16H25ClN2O. The van der Waals surface area contributed by atoms with Gasteiger partial charge in [-0.3, -0.25) is 4.79 Å². The number of amides is 1. The molecule has 1 fully saturated rings. The lowest BCUT2D eigenvalue weighted by atomic mass is 9.85. The molecule has 112 valence electrons. The van der Waals surface area contributed by atoms with Crippen molar-refractivity contribution in [2.45, 2.75) is 39.7 Å². The van der Waals surface area contributed by atoms with E-state index >= 15 is 0 Å². The smallest absolute Gasteiger partial charge is 0.253 e. The lowest BCUT2D eigenvalue weighted by Gasteiger charge is -2.23. The molecule has 20 heavy (non-hydrogen) atoms. The zero-order valence-corrected chi connectivity index (χ0v) is 13.2. The van der Waals surface area contributed by atoms with Crippen molar-refractivity contribution in [1.29, 1.82) is 0 Å². The van der Waals surface area contributed by atoms with Crippen molar-refractivity contribution < 1.29 is 4.79 Å². The minimum Gasteiger partial charge on any atom is -0.339 e. The highest BCUT2D eigenvalue weighted by Crippen LogP contribution is 2.30. The van der Waals surface area contributed by atoms with Gasteiger partial charge in [0.15, 0.2) is 0 Å². The van der Waals surface area contributed by atoms with Crippen LogP contribution in [0, 0.1) is 5.41 Å². The molecule has 1 aromatic rings. The van der Waals surface area contributed by atoms with Gasteiger partial charge in [-0.2, -0.15) is 0 Å². The van der Waals surface area contributed by atoms with Crippen molar-refractivity contribution in [2.24, 2.45) is 11.1 Å². The Morgan fingerprint density at radius 2 is 1.85 bits per heavy atom. The van der Waals surface area contributed by atoms with Crippen LogP contribution < -0.4 is 5.73 Å². The first-order valence-electron chi connectivity index (χ1n) is 7.10. The molecule has 0 unspecified atom stereocenters. The summed E-state index contributed by atoms with van der Waals surface area (Å²) in [6, 6.07) is 7.66. The van der Waals surface area contributed by atoms with E-state index in [1.54, 1.807) is 0 Å². The zero-order chi connectivity index (χ0) is 13.9. The predicted octanol–water partition coefficient (Wildman–Crippen LogP) is 3.22. The summed E-state index contributed by atoms with van der Waals surface area (Å²) >= 11 is 0. The van der Waals surface area contributed by atoms with E-state index in [-0.39, 0.29) is 18.3 Å². The van der Waals surface area contributed by atoms with Crippen LogP contribution in [-0.2, 0) is 6.54 Å². The second-order valence-corrected chi connectivity index (χ2v) is 6.21. The number of hydrogen-bond acceptors (Lipinski definition) is 2. The van der Waals surface area contributed by atoms with Gasteiger partial charge in [0.25, 0.3) is 5.91 Å². The Morgan fingerprint density at radius 3 is 2.45 bits per heavy atom. The van der Waals surface area contributed by atoms with Crippen LogP contribution in [0.15, 0.2) is 24.3 Å². The van der Waals surface area contributed by atoms with E-state index in [1.807, 2.05) is 29.2 Å². The first-order chi connectivity index (χ1) is 9.02. The summed E-state index contributed by atoms with van der Waals surface area (Å²) < 4.78 is 0. The van der Waals surface area contributed by atoms with E-state index in [2.05, 4.69) is 13.8 Å². The van der Waals surface area contributed by atoms with E-state index in [0.717, 1.165) is 37.1 Å². The second kappa shape index (κ2) is 7.09. The maximum Gasteiger partial charge on any atom is 0.253 e. The summed E-state index contributed by atoms with van der Waals surface area (Å²) in [7, 11) is 0. The van der Waals surface area contributed by atoms with Crippen molar-refractivity contribution in [3.05, 3.63) is 35.4 Å². The number of likely N-dealkylation sites (tertiary alicyclic amines) is 1. The van der Waals surface area contributed by atoms with Gasteiger partial charge in [0.2, 0.25) is 0 Å². The molecule has 0 spiro atoms. The van der Waals surface area contributed by atoms with Crippen LogP contribution in [0.1, 0.15) is 49.0 Å². The lowest BCUT2D eigenvalue weighted by molar-refractivity contribution is 0.0757. The van der Waals surface area contributed by atoms with Crippen molar-refractivity contribution in [3.8, 4) is 0 Å². The molecule has 0 aromatic heterocycles. The fourth-order valence-electron chi connectivity index (χ4n) is 2.59. The Kier molecular flexibility index (Phi) is 6.03. The van der Waals surface area contributed by atoms with Gasteiger partial charge in [-0.05, 0) is 42.4 Å². The molecule has 2 rings (SSSR count). The van der Waals surface area contributed by atoms with Crippen LogP contribution in [0.3, 0.4) is 0 Å². The maximum atomic E-state index is 12.5. The highest BCUT2D eigenvalue weighted by Gasteiger charge is 2.25. The lowest BCUT2D eigenvalue weighted by Crippen LogP contribution is -2.32. The van der Waals surface area contributed by atoms with E-state index < -0.39 is 0 Å². The molecule has 1 heterocycles. The van der Waals surface area contributed by atoms with Crippen molar-refractivity contribution in [1.82, 2.24) is 4.90 Å². The minimum atomic E-state index is 0. The van der Waals surface area contributed by atoms with Crippen molar-refractivity contribution >= 4 is 18.3 Å². The molecule has 1 aliphatic rings. The first kappa shape index (κ1) is 17.0. The molecule has 0 bridgehead atoms.